The highest BCUT2D eigenvalue weighted by Gasteiger charge is 2.06. The lowest BCUT2D eigenvalue weighted by atomic mass is 10.2. The molecule has 0 radical (unpaired) electrons. The molecule has 0 fully saturated rings. The average Bonchev–Trinajstić information content (AvgIpc) is 2.18. The first-order valence-corrected chi connectivity index (χ1v) is 4.46. The van der Waals surface area contributed by atoms with Crippen molar-refractivity contribution in [2.24, 2.45) is 5.73 Å². The van der Waals surface area contributed by atoms with Crippen molar-refractivity contribution in [2.45, 2.75) is 0 Å². The van der Waals surface area contributed by atoms with Crippen LogP contribution in [0.1, 0.15) is 5.56 Å². The third-order valence-electron chi connectivity index (χ3n) is 1.70. The number of methoxy groups -OCH3 is 1. The molecule has 1 rings (SSSR count). The predicted molar refractivity (Wildman–Crippen MR) is 56.1 cm³/mol. The fraction of sp³-hybridized carbons (Fsp3) is 0.200. The Morgan fingerprint density at radius 1 is 1.57 bits per heavy atom. The lowest BCUT2D eigenvalue weighted by molar-refractivity contribution is 0.411. The number of hydrogen-bond acceptors (Lipinski definition) is 2. The smallest absolute Gasteiger partial charge is 0.140 e. The Balaban J connectivity index is 3.08. The van der Waals surface area contributed by atoms with E-state index in [1.54, 1.807) is 12.2 Å². The Morgan fingerprint density at radius 3 is 2.86 bits per heavy atom. The highest BCUT2D eigenvalue weighted by Crippen LogP contribution is 2.27. The second kappa shape index (κ2) is 4.98. The number of benzene rings is 1. The van der Waals surface area contributed by atoms with Gasteiger partial charge < -0.3 is 10.5 Å². The normalized spacial score (nSPS) is 10.9. The standard InChI is InChI=1S/C10H11ClFNO/c1-14-10-6-9(12)7(3-2-4-13)5-8(10)11/h2-3,5-6H,4,13H2,1H3/b3-2+. The summed E-state index contributed by atoms with van der Waals surface area (Å²) in [6.07, 6.45) is 3.24. The van der Waals surface area contributed by atoms with Gasteiger partial charge in [0.2, 0.25) is 0 Å². The van der Waals surface area contributed by atoms with E-state index in [2.05, 4.69) is 0 Å². The summed E-state index contributed by atoms with van der Waals surface area (Å²) in [4.78, 5) is 0. The number of rotatable bonds is 3. The van der Waals surface area contributed by atoms with E-state index in [4.69, 9.17) is 22.1 Å². The maximum absolute atomic E-state index is 13.3. The van der Waals surface area contributed by atoms with Gasteiger partial charge in [0.25, 0.3) is 0 Å². The van der Waals surface area contributed by atoms with Crippen molar-refractivity contribution in [3.8, 4) is 5.75 Å². The second-order valence-corrected chi connectivity index (χ2v) is 3.05. The minimum Gasteiger partial charge on any atom is -0.495 e. The molecule has 0 bridgehead atoms. The zero-order valence-electron chi connectivity index (χ0n) is 7.76. The first-order valence-electron chi connectivity index (χ1n) is 4.08. The third-order valence-corrected chi connectivity index (χ3v) is 2.00. The van der Waals surface area contributed by atoms with Crippen LogP contribution in [0.2, 0.25) is 5.02 Å². The van der Waals surface area contributed by atoms with Crippen LogP contribution in [0, 0.1) is 5.82 Å². The summed E-state index contributed by atoms with van der Waals surface area (Å²) in [5.74, 6) is -0.0509. The summed E-state index contributed by atoms with van der Waals surface area (Å²) >= 11 is 5.82. The molecule has 14 heavy (non-hydrogen) atoms. The summed E-state index contributed by atoms with van der Waals surface area (Å²) in [6, 6.07) is 2.75. The van der Waals surface area contributed by atoms with E-state index in [1.807, 2.05) is 0 Å². The summed E-state index contributed by atoms with van der Waals surface area (Å²) in [5, 5.41) is 0.380. The Hall–Kier alpha value is -1.06. The predicted octanol–water partition coefficient (Wildman–Crippen LogP) is 2.46. The lowest BCUT2D eigenvalue weighted by Crippen LogP contribution is -1.93. The van der Waals surface area contributed by atoms with Gasteiger partial charge in [-0.25, -0.2) is 4.39 Å². The van der Waals surface area contributed by atoms with E-state index in [9.17, 15) is 4.39 Å². The molecule has 0 aliphatic rings. The molecule has 76 valence electrons. The number of hydrogen-bond donors (Lipinski definition) is 1. The quantitative estimate of drug-likeness (QED) is 0.841. The zero-order valence-corrected chi connectivity index (χ0v) is 8.51. The van der Waals surface area contributed by atoms with E-state index in [-0.39, 0.29) is 5.82 Å². The molecule has 0 saturated carbocycles. The Labute approximate surface area is 87.1 Å². The second-order valence-electron chi connectivity index (χ2n) is 2.65. The molecular formula is C10H11ClFNO. The van der Waals surface area contributed by atoms with Crippen LogP contribution < -0.4 is 10.5 Å². The highest BCUT2D eigenvalue weighted by molar-refractivity contribution is 6.32. The molecule has 0 aliphatic carbocycles. The van der Waals surface area contributed by atoms with E-state index in [0.717, 1.165) is 0 Å². The van der Waals surface area contributed by atoms with Gasteiger partial charge in [-0.15, -0.1) is 0 Å². The first-order chi connectivity index (χ1) is 6.69. The number of ether oxygens (including phenoxy) is 1. The van der Waals surface area contributed by atoms with Crippen LogP contribution >= 0.6 is 11.6 Å². The van der Waals surface area contributed by atoms with Crippen LogP contribution in [-0.4, -0.2) is 13.7 Å². The SMILES string of the molecule is COc1cc(F)c(/C=C/CN)cc1Cl. The molecule has 2 N–H and O–H groups in total. The van der Waals surface area contributed by atoms with E-state index in [1.165, 1.54) is 19.2 Å². The van der Waals surface area contributed by atoms with Gasteiger partial charge in [0, 0.05) is 18.2 Å². The van der Waals surface area contributed by atoms with Crippen LogP contribution in [0.5, 0.6) is 5.75 Å². The van der Waals surface area contributed by atoms with E-state index in [0.29, 0.717) is 22.9 Å². The van der Waals surface area contributed by atoms with Crippen molar-refractivity contribution < 1.29 is 9.13 Å². The molecule has 0 spiro atoms. The van der Waals surface area contributed by atoms with Crippen molar-refractivity contribution in [3.05, 3.63) is 34.6 Å². The van der Waals surface area contributed by atoms with Gasteiger partial charge in [-0.05, 0) is 6.07 Å². The third kappa shape index (κ3) is 2.47. The molecule has 2 nitrogen and oxygen atoms in total. The van der Waals surface area contributed by atoms with Gasteiger partial charge in [-0.2, -0.15) is 0 Å². The molecular weight excluding hydrogens is 205 g/mol. The largest absolute Gasteiger partial charge is 0.495 e. The van der Waals surface area contributed by atoms with Crippen molar-refractivity contribution in [1.82, 2.24) is 0 Å². The van der Waals surface area contributed by atoms with Gasteiger partial charge in [0.15, 0.2) is 0 Å². The first kappa shape index (κ1) is 11.0. The topological polar surface area (TPSA) is 35.2 Å². The van der Waals surface area contributed by atoms with Gasteiger partial charge in [0.1, 0.15) is 11.6 Å². The van der Waals surface area contributed by atoms with Gasteiger partial charge in [0.05, 0.1) is 12.1 Å². The summed E-state index contributed by atoms with van der Waals surface area (Å²) in [5.41, 5.74) is 5.66. The Kier molecular flexibility index (Phi) is 3.92. The lowest BCUT2D eigenvalue weighted by Gasteiger charge is -2.04. The molecule has 0 unspecified atom stereocenters. The van der Waals surface area contributed by atoms with Gasteiger partial charge in [-0.3, -0.25) is 0 Å². The molecule has 1 aromatic rings. The number of nitrogens with two attached hydrogens (primary N) is 1. The minimum atomic E-state index is -0.379. The molecule has 0 aliphatic heterocycles. The molecule has 4 heteroatoms. The van der Waals surface area contributed by atoms with Crippen LogP contribution in [-0.2, 0) is 0 Å². The highest BCUT2D eigenvalue weighted by atomic mass is 35.5. The summed E-state index contributed by atoms with van der Waals surface area (Å²) in [7, 11) is 1.44. The summed E-state index contributed by atoms with van der Waals surface area (Å²) < 4.78 is 18.2. The van der Waals surface area contributed by atoms with Crippen LogP contribution in [0.15, 0.2) is 18.2 Å². The minimum absolute atomic E-state index is 0.328. The Bertz CT molecular complexity index is 352. The fourth-order valence-electron chi connectivity index (χ4n) is 1.02. The van der Waals surface area contributed by atoms with Gasteiger partial charge in [-0.1, -0.05) is 23.8 Å². The fourth-order valence-corrected chi connectivity index (χ4v) is 1.27. The van der Waals surface area contributed by atoms with E-state index >= 15 is 0 Å². The van der Waals surface area contributed by atoms with Crippen LogP contribution in [0.25, 0.3) is 6.08 Å². The van der Waals surface area contributed by atoms with E-state index < -0.39 is 0 Å². The monoisotopic (exact) mass is 215 g/mol. The number of halogens is 2. The molecule has 0 atom stereocenters. The van der Waals surface area contributed by atoms with Gasteiger partial charge >= 0.3 is 0 Å². The van der Waals surface area contributed by atoms with Crippen LogP contribution in [0.4, 0.5) is 4.39 Å². The van der Waals surface area contributed by atoms with Crippen molar-refractivity contribution in [1.29, 1.82) is 0 Å². The Morgan fingerprint density at radius 2 is 2.29 bits per heavy atom. The maximum Gasteiger partial charge on any atom is 0.140 e. The maximum atomic E-state index is 13.3. The molecule has 0 heterocycles. The van der Waals surface area contributed by atoms with Crippen LogP contribution in [0.3, 0.4) is 0 Å². The average molecular weight is 216 g/mol. The molecule has 0 amide bonds. The molecule has 0 saturated heterocycles. The molecule has 1 aromatic carbocycles. The summed E-state index contributed by atoms with van der Waals surface area (Å²) in [6.45, 7) is 0.364. The van der Waals surface area contributed by atoms with Crippen molar-refractivity contribution in [3.63, 3.8) is 0 Å². The van der Waals surface area contributed by atoms with Crippen molar-refractivity contribution >= 4 is 17.7 Å². The zero-order chi connectivity index (χ0) is 10.6. The molecule has 0 aromatic heterocycles. The van der Waals surface area contributed by atoms with Crippen molar-refractivity contribution in [2.75, 3.05) is 13.7 Å².